The lowest BCUT2D eigenvalue weighted by atomic mass is 9.78. The molecule has 5 heteroatoms. The second-order valence-electron chi connectivity index (χ2n) is 7.92. The number of ether oxygens (including phenoxy) is 2. The van der Waals surface area contributed by atoms with E-state index in [1.54, 1.807) is 18.2 Å². The minimum atomic E-state index is -0.423. The molecule has 0 radical (unpaired) electrons. The smallest absolute Gasteiger partial charge is 0.338 e. The maximum absolute atomic E-state index is 12.1. The number of rotatable bonds is 8. The molecule has 0 atom stereocenters. The Balaban J connectivity index is 1.41. The Bertz CT molecular complexity index is 793. The van der Waals surface area contributed by atoms with Crippen LogP contribution < -0.4 is 16.2 Å². The largest absolute Gasteiger partial charge is 0.493 e. The zero-order valence-electron chi connectivity index (χ0n) is 17.2. The predicted octanol–water partition coefficient (Wildman–Crippen LogP) is 5.16. The lowest BCUT2D eigenvalue weighted by Gasteiger charge is -2.28. The average Bonchev–Trinajstić information content (AvgIpc) is 2.73. The van der Waals surface area contributed by atoms with Crippen molar-refractivity contribution in [3.8, 4) is 5.75 Å². The molecule has 1 aliphatic carbocycles. The van der Waals surface area contributed by atoms with Gasteiger partial charge in [0.15, 0.2) is 0 Å². The van der Waals surface area contributed by atoms with Gasteiger partial charge in [0.2, 0.25) is 0 Å². The van der Waals surface area contributed by atoms with Crippen molar-refractivity contribution >= 4 is 17.3 Å². The van der Waals surface area contributed by atoms with Crippen LogP contribution in [-0.4, -0.2) is 19.2 Å². The minimum Gasteiger partial charge on any atom is -0.493 e. The van der Waals surface area contributed by atoms with E-state index in [9.17, 15) is 4.79 Å². The van der Waals surface area contributed by atoms with Crippen LogP contribution >= 0.6 is 0 Å². The maximum atomic E-state index is 12.1. The Morgan fingerprint density at radius 1 is 1.00 bits per heavy atom. The molecule has 29 heavy (non-hydrogen) atoms. The Morgan fingerprint density at radius 3 is 2.41 bits per heavy atom. The summed E-state index contributed by atoms with van der Waals surface area (Å²) in [4.78, 5) is 12.1. The molecule has 3 rings (SSSR count). The Labute approximate surface area is 173 Å². The standard InChI is InChI=1S/C24H32N2O3/c1-2-17-7-9-18(10-8-17)19-5-3-6-23(15-19)28-11-4-12-29-24(27)20-13-21(25)16-22(26)14-20/h3,5-6,13-18H,2,4,7-12,25-26H2,1H3. The summed E-state index contributed by atoms with van der Waals surface area (Å²) in [7, 11) is 0. The van der Waals surface area contributed by atoms with Crippen LogP contribution in [0.15, 0.2) is 42.5 Å². The quantitative estimate of drug-likeness (QED) is 0.365. The Morgan fingerprint density at radius 2 is 1.72 bits per heavy atom. The normalized spacial score (nSPS) is 18.9. The highest BCUT2D eigenvalue weighted by Gasteiger charge is 2.21. The summed E-state index contributed by atoms with van der Waals surface area (Å²) in [6, 6.07) is 13.2. The molecule has 1 saturated carbocycles. The van der Waals surface area contributed by atoms with Crippen molar-refractivity contribution in [3.05, 3.63) is 53.6 Å². The first-order valence-electron chi connectivity index (χ1n) is 10.6. The fourth-order valence-corrected chi connectivity index (χ4v) is 4.05. The first-order chi connectivity index (χ1) is 14.0. The molecular formula is C24H32N2O3. The number of carbonyl (C=O) groups is 1. The zero-order chi connectivity index (χ0) is 20.6. The van der Waals surface area contributed by atoms with Crippen LogP contribution in [0.3, 0.4) is 0 Å². The molecule has 0 aromatic heterocycles. The average molecular weight is 397 g/mol. The van der Waals surface area contributed by atoms with Crippen LogP contribution in [0, 0.1) is 5.92 Å². The first-order valence-corrected chi connectivity index (χ1v) is 10.6. The van der Waals surface area contributed by atoms with Gasteiger partial charge in [-0.25, -0.2) is 4.79 Å². The van der Waals surface area contributed by atoms with E-state index in [0.717, 1.165) is 11.7 Å². The summed E-state index contributed by atoms with van der Waals surface area (Å²) in [6.45, 7) is 3.08. The molecule has 1 aliphatic rings. The number of hydrogen-bond acceptors (Lipinski definition) is 5. The molecule has 5 nitrogen and oxygen atoms in total. The summed E-state index contributed by atoms with van der Waals surface area (Å²) in [6.07, 6.45) is 7.12. The predicted molar refractivity (Wildman–Crippen MR) is 117 cm³/mol. The second-order valence-corrected chi connectivity index (χ2v) is 7.92. The van der Waals surface area contributed by atoms with E-state index in [1.807, 2.05) is 6.07 Å². The van der Waals surface area contributed by atoms with Gasteiger partial charge in [-0.15, -0.1) is 0 Å². The SMILES string of the molecule is CCC1CCC(c2cccc(OCCCOC(=O)c3cc(N)cc(N)c3)c2)CC1. The molecule has 0 bridgehead atoms. The van der Waals surface area contributed by atoms with Crippen molar-refractivity contribution in [2.45, 2.75) is 51.4 Å². The molecule has 0 amide bonds. The van der Waals surface area contributed by atoms with E-state index in [1.165, 1.54) is 37.7 Å². The van der Waals surface area contributed by atoms with Crippen LogP contribution in [0.5, 0.6) is 5.75 Å². The van der Waals surface area contributed by atoms with Crippen LogP contribution in [0.4, 0.5) is 11.4 Å². The molecule has 2 aromatic rings. The van der Waals surface area contributed by atoms with Gasteiger partial charge in [0.25, 0.3) is 0 Å². The van der Waals surface area contributed by atoms with Gasteiger partial charge in [-0.05, 0) is 73.4 Å². The number of carbonyl (C=O) groups excluding carboxylic acids is 1. The molecule has 1 fully saturated rings. The molecule has 0 unspecified atom stereocenters. The third-order valence-corrected chi connectivity index (χ3v) is 5.76. The molecular weight excluding hydrogens is 364 g/mol. The Hall–Kier alpha value is -2.69. The van der Waals surface area contributed by atoms with Gasteiger partial charge in [-0.1, -0.05) is 25.5 Å². The van der Waals surface area contributed by atoms with E-state index in [0.29, 0.717) is 35.9 Å². The van der Waals surface area contributed by atoms with Gasteiger partial charge in [0.05, 0.1) is 18.8 Å². The Kier molecular flexibility index (Phi) is 7.39. The van der Waals surface area contributed by atoms with Gasteiger partial charge in [0.1, 0.15) is 5.75 Å². The van der Waals surface area contributed by atoms with Gasteiger partial charge in [-0.3, -0.25) is 0 Å². The molecule has 0 aliphatic heterocycles. The van der Waals surface area contributed by atoms with Crippen molar-refractivity contribution in [1.82, 2.24) is 0 Å². The zero-order valence-corrected chi connectivity index (χ0v) is 17.2. The van der Waals surface area contributed by atoms with Crippen molar-refractivity contribution in [2.24, 2.45) is 5.92 Å². The fourth-order valence-electron chi connectivity index (χ4n) is 4.05. The first kappa shape index (κ1) is 21.0. The number of hydrogen-bond donors (Lipinski definition) is 2. The number of benzene rings is 2. The van der Waals surface area contributed by atoms with Crippen molar-refractivity contribution in [3.63, 3.8) is 0 Å². The molecule has 2 aromatic carbocycles. The number of nitrogen functional groups attached to an aromatic ring is 2. The second kappa shape index (κ2) is 10.2. The third-order valence-electron chi connectivity index (χ3n) is 5.76. The highest BCUT2D eigenvalue weighted by molar-refractivity contribution is 5.91. The monoisotopic (exact) mass is 396 g/mol. The number of nitrogens with two attached hydrogens (primary N) is 2. The fraction of sp³-hybridized carbons (Fsp3) is 0.458. The summed E-state index contributed by atoms with van der Waals surface area (Å²) < 4.78 is 11.2. The lowest BCUT2D eigenvalue weighted by Crippen LogP contribution is -2.13. The van der Waals surface area contributed by atoms with Gasteiger partial charge >= 0.3 is 5.97 Å². The van der Waals surface area contributed by atoms with Gasteiger partial charge in [-0.2, -0.15) is 0 Å². The van der Waals surface area contributed by atoms with Gasteiger partial charge in [0, 0.05) is 17.8 Å². The van der Waals surface area contributed by atoms with E-state index >= 15 is 0 Å². The maximum Gasteiger partial charge on any atom is 0.338 e. The molecule has 0 saturated heterocycles. The highest BCUT2D eigenvalue weighted by atomic mass is 16.5. The van der Waals surface area contributed by atoms with E-state index in [4.69, 9.17) is 20.9 Å². The highest BCUT2D eigenvalue weighted by Crippen LogP contribution is 2.37. The number of esters is 1. The van der Waals surface area contributed by atoms with Crippen molar-refractivity contribution < 1.29 is 14.3 Å². The topological polar surface area (TPSA) is 87.6 Å². The van der Waals surface area contributed by atoms with E-state index in [-0.39, 0.29) is 6.61 Å². The molecule has 0 spiro atoms. The number of anilines is 2. The summed E-state index contributed by atoms with van der Waals surface area (Å²) in [5.74, 6) is 2.01. The van der Waals surface area contributed by atoms with E-state index in [2.05, 4.69) is 25.1 Å². The molecule has 0 heterocycles. The van der Waals surface area contributed by atoms with Crippen LogP contribution in [0.2, 0.25) is 0 Å². The molecule has 156 valence electrons. The third kappa shape index (κ3) is 6.14. The lowest BCUT2D eigenvalue weighted by molar-refractivity contribution is 0.0486. The minimum absolute atomic E-state index is 0.286. The van der Waals surface area contributed by atoms with Crippen molar-refractivity contribution in [1.29, 1.82) is 0 Å². The van der Waals surface area contributed by atoms with Crippen molar-refractivity contribution in [2.75, 3.05) is 24.7 Å². The van der Waals surface area contributed by atoms with Crippen LogP contribution in [-0.2, 0) is 4.74 Å². The summed E-state index contributed by atoms with van der Waals surface area (Å²) >= 11 is 0. The van der Waals surface area contributed by atoms with E-state index < -0.39 is 5.97 Å². The molecule has 4 N–H and O–H groups in total. The van der Waals surface area contributed by atoms with Crippen LogP contribution in [0.25, 0.3) is 0 Å². The summed E-state index contributed by atoms with van der Waals surface area (Å²) in [5, 5.41) is 0. The summed E-state index contributed by atoms with van der Waals surface area (Å²) in [5.41, 5.74) is 14.1. The van der Waals surface area contributed by atoms with Crippen LogP contribution in [0.1, 0.15) is 67.3 Å². The van der Waals surface area contributed by atoms with Gasteiger partial charge < -0.3 is 20.9 Å².